The predicted molar refractivity (Wildman–Crippen MR) is 296 cm³/mol. The number of amides is 2. The first-order chi connectivity index (χ1) is 34.8. The van der Waals surface area contributed by atoms with Gasteiger partial charge in [0.1, 0.15) is 34.3 Å². The third kappa shape index (κ3) is 15.8. The number of aromatic nitrogens is 4. The molecule has 0 radical (unpaired) electrons. The quantitative estimate of drug-likeness (QED) is 0.0467. The Bertz CT molecular complexity index is 3220. The minimum Gasteiger partial charge on any atom is -0.482 e. The number of rotatable bonds is 18. The summed E-state index contributed by atoms with van der Waals surface area (Å²) in [6.07, 6.45) is 4.95. The number of nitrogens with zero attached hydrogens (tertiary/aromatic N) is 4. The number of thiazole rings is 2. The lowest BCUT2D eigenvalue weighted by Gasteiger charge is -2.09. The number of hydrogen-bond acceptors (Lipinski definition) is 16. The van der Waals surface area contributed by atoms with Crippen molar-refractivity contribution in [2.75, 3.05) is 24.3 Å². The molecule has 6 heterocycles. The van der Waals surface area contributed by atoms with Gasteiger partial charge in [-0.05, 0) is 112 Å². The average molecular weight is 1170 g/mol. The number of ether oxygens (including phenoxy) is 2. The van der Waals surface area contributed by atoms with Crippen molar-refractivity contribution in [3.63, 3.8) is 0 Å². The number of nitrogen functional groups attached to an aromatic ring is 1. The molecule has 6 aromatic heterocycles. The SMILES string of the molecule is CC(C)Cc1sc(Br)nc1-c1ccc(OCC(N)=O)c(Cl)c1.CC(C)Cc1sc(Nc2ncc(-c3cccs3)cc2C(=O)O)nc1-c1ccc(OCC(N)=O)c(Cl)c1.Nc1ncc(-c2cccs2)cc1C(=O)O. The van der Waals surface area contributed by atoms with E-state index in [1.54, 1.807) is 54.1 Å². The minimum atomic E-state index is -1.08. The second-order valence-electron chi connectivity index (χ2n) is 16.5. The summed E-state index contributed by atoms with van der Waals surface area (Å²) in [5, 5.41) is 26.9. The standard InChI is InChI=1S/C25H23ClN4O4S2.C15H16BrClN2O2S.C10H8N2O2S/c1-13(2)8-20-22(14-5-6-18(17(26)10-14)34-12-21(27)31)29-25(36-20)30-23-16(24(32)33)9-15(11-28-23)19-4-3-7-35-19;1-8(2)5-12-14(19-15(16)22-12)9-3-4-11(10(17)6-9)21-7-13(18)20;11-9-7(10(13)14)4-6(5-12-9)8-2-1-3-15-8/h3-7,9-11,13H,8,12H2,1-2H3,(H2,27,31)(H,32,33)(H,28,29,30);3-4,6,8H,5,7H2,1-2H3,(H2,18,20);1-5H,(H2,11,12)(H,13,14). The minimum absolute atomic E-state index is 0.0425. The van der Waals surface area contributed by atoms with Gasteiger partial charge in [0.05, 0.1) is 21.4 Å². The van der Waals surface area contributed by atoms with E-state index in [1.165, 1.54) is 45.0 Å². The first kappa shape index (κ1) is 55.8. The van der Waals surface area contributed by atoms with Gasteiger partial charge < -0.3 is 42.2 Å². The lowest BCUT2D eigenvalue weighted by Crippen LogP contribution is -2.20. The van der Waals surface area contributed by atoms with Gasteiger partial charge in [-0.25, -0.2) is 29.5 Å². The van der Waals surface area contributed by atoms with E-state index in [-0.39, 0.29) is 36.0 Å². The Morgan fingerprint density at radius 3 is 1.60 bits per heavy atom. The zero-order chi connectivity index (χ0) is 52.9. The number of pyridine rings is 2. The second-order valence-corrected chi connectivity index (χ2v) is 22.6. The molecule has 2 aromatic carbocycles. The molecule has 0 aliphatic carbocycles. The molecule has 0 atom stereocenters. The van der Waals surface area contributed by atoms with Gasteiger partial charge in [-0.1, -0.05) is 63.0 Å². The van der Waals surface area contributed by atoms with E-state index >= 15 is 0 Å². The van der Waals surface area contributed by atoms with E-state index < -0.39 is 23.8 Å². The molecule has 23 heteroatoms. The summed E-state index contributed by atoms with van der Waals surface area (Å²) in [5.74, 6) is -1.33. The number of hydrogen-bond donors (Lipinski definition) is 6. The Kier molecular flexibility index (Phi) is 19.9. The van der Waals surface area contributed by atoms with Crippen LogP contribution in [-0.2, 0) is 22.4 Å². The number of carboxylic acid groups (broad SMARTS) is 2. The van der Waals surface area contributed by atoms with Crippen molar-refractivity contribution in [3.8, 4) is 54.9 Å². The van der Waals surface area contributed by atoms with Crippen LogP contribution in [0.15, 0.2) is 99.9 Å². The Morgan fingerprint density at radius 1 is 0.671 bits per heavy atom. The van der Waals surface area contributed by atoms with E-state index in [4.69, 9.17) is 60.0 Å². The van der Waals surface area contributed by atoms with Crippen molar-refractivity contribution in [1.82, 2.24) is 19.9 Å². The zero-order valence-electron chi connectivity index (χ0n) is 39.4. The molecule has 2 amide bonds. The maximum Gasteiger partial charge on any atom is 0.339 e. The lowest BCUT2D eigenvalue weighted by atomic mass is 10.0. The summed E-state index contributed by atoms with van der Waals surface area (Å²) in [5.41, 5.74) is 20.6. The fourth-order valence-corrected chi connectivity index (χ4v) is 11.5. The third-order valence-electron chi connectivity index (χ3n) is 9.81. The summed E-state index contributed by atoms with van der Waals surface area (Å²) in [7, 11) is 0. The largest absolute Gasteiger partial charge is 0.482 e. The number of carbonyl (C=O) groups is 4. The van der Waals surface area contributed by atoms with Crippen molar-refractivity contribution in [1.29, 1.82) is 0 Å². The fourth-order valence-electron chi connectivity index (χ4n) is 6.66. The number of nitrogens with two attached hydrogens (primary N) is 3. The summed E-state index contributed by atoms with van der Waals surface area (Å²) in [6.45, 7) is 8.10. The molecule has 9 N–H and O–H groups in total. The molecule has 0 spiro atoms. The highest BCUT2D eigenvalue weighted by Crippen LogP contribution is 2.39. The molecule has 8 aromatic rings. The molecule has 0 aliphatic rings. The van der Waals surface area contributed by atoms with Crippen LogP contribution in [0.4, 0.5) is 16.8 Å². The molecular formula is C50H47BrCl2N8O8S4. The number of halogens is 3. The van der Waals surface area contributed by atoms with Crippen molar-refractivity contribution in [2.45, 2.75) is 40.5 Å². The lowest BCUT2D eigenvalue weighted by molar-refractivity contribution is -0.120. The molecule has 0 bridgehead atoms. The van der Waals surface area contributed by atoms with Crippen LogP contribution >= 0.6 is 84.5 Å². The number of thiophene rings is 2. The Hall–Kier alpha value is -6.46. The van der Waals surface area contributed by atoms with Gasteiger partial charge in [-0.2, -0.15) is 0 Å². The maximum absolute atomic E-state index is 12.0. The van der Waals surface area contributed by atoms with Crippen LogP contribution in [0.1, 0.15) is 58.2 Å². The summed E-state index contributed by atoms with van der Waals surface area (Å²) in [4.78, 5) is 66.3. The highest BCUT2D eigenvalue weighted by molar-refractivity contribution is 9.11. The molecule has 8 rings (SSSR count). The zero-order valence-corrected chi connectivity index (χ0v) is 45.7. The van der Waals surface area contributed by atoms with Gasteiger partial charge in [-0.15, -0.1) is 45.3 Å². The smallest absolute Gasteiger partial charge is 0.339 e. The van der Waals surface area contributed by atoms with Gasteiger partial charge >= 0.3 is 11.9 Å². The van der Waals surface area contributed by atoms with E-state index in [0.29, 0.717) is 38.5 Å². The number of primary amides is 2. The average Bonchev–Trinajstić information content (AvgIpc) is 4.18. The van der Waals surface area contributed by atoms with Crippen LogP contribution in [0.5, 0.6) is 11.5 Å². The van der Waals surface area contributed by atoms with Gasteiger partial charge in [0, 0.05) is 54.2 Å². The molecule has 0 saturated carbocycles. The van der Waals surface area contributed by atoms with Crippen molar-refractivity contribution >= 4 is 125 Å². The molecule has 0 saturated heterocycles. The van der Waals surface area contributed by atoms with Gasteiger partial charge in [0.2, 0.25) is 0 Å². The van der Waals surface area contributed by atoms with Gasteiger partial charge in [0.15, 0.2) is 22.3 Å². The number of anilines is 3. The first-order valence-corrected chi connectivity index (χ1v) is 26.8. The second kappa shape index (κ2) is 26.0. The molecule has 16 nitrogen and oxygen atoms in total. The molecule has 0 fully saturated rings. The monoisotopic (exact) mass is 1160 g/mol. The molecule has 380 valence electrons. The summed E-state index contributed by atoms with van der Waals surface area (Å²) >= 11 is 22.1. The highest BCUT2D eigenvalue weighted by atomic mass is 79.9. The number of carbonyl (C=O) groups excluding carboxylic acids is 2. The third-order valence-corrected chi connectivity index (χ3v) is 14.8. The van der Waals surface area contributed by atoms with E-state index in [9.17, 15) is 24.3 Å². The molecule has 0 aliphatic heterocycles. The van der Waals surface area contributed by atoms with Gasteiger partial charge in [-0.3, -0.25) is 9.59 Å². The normalized spacial score (nSPS) is 10.8. The number of aromatic carboxylic acids is 2. The summed E-state index contributed by atoms with van der Waals surface area (Å²) in [6, 6.07) is 21.4. The summed E-state index contributed by atoms with van der Waals surface area (Å²) < 4.78 is 11.4. The van der Waals surface area contributed by atoms with E-state index in [1.807, 2.05) is 47.2 Å². The molecule has 0 unspecified atom stereocenters. The van der Waals surface area contributed by atoms with Crippen LogP contribution in [0, 0.1) is 11.8 Å². The van der Waals surface area contributed by atoms with Crippen LogP contribution in [-0.4, -0.2) is 67.1 Å². The molecular weight excluding hydrogens is 1120 g/mol. The fraction of sp³-hybridized carbons (Fsp3) is 0.200. The van der Waals surface area contributed by atoms with Crippen LogP contribution < -0.4 is 32.0 Å². The Morgan fingerprint density at radius 2 is 1.15 bits per heavy atom. The number of carboxylic acids is 2. The van der Waals surface area contributed by atoms with Crippen molar-refractivity contribution in [3.05, 3.63) is 131 Å². The topological polar surface area (TPSA) is 269 Å². The predicted octanol–water partition coefficient (Wildman–Crippen LogP) is 12.5. The number of nitrogens with one attached hydrogen (secondary N) is 1. The maximum atomic E-state index is 12.0. The Labute approximate surface area is 454 Å². The van der Waals surface area contributed by atoms with Crippen LogP contribution in [0.25, 0.3) is 43.4 Å². The van der Waals surface area contributed by atoms with Gasteiger partial charge in [0.25, 0.3) is 11.8 Å². The van der Waals surface area contributed by atoms with Crippen molar-refractivity contribution < 1.29 is 38.9 Å². The molecule has 73 heavy (non-hydrogen) atoms. The van der Waals surface area contributed by atoms with Crippen LogP contribution in [0.3, 0.4) is 0 Å². The van der Waals surface area contributed by atoms with E-state index in [2.05, 4.69) is 63.9 Å². The first-order valence-electron chi connectivity index (χ1n) is 21.9. The van der Waals surface area contributed by atoms with E-state index in [0.717, 1.165) is 65.0 Å². The van der Waals surface area contributed by atoms with Crippen LogP contribution in [0.2, 0.25) is 10.0 Å². The number of benzene rings is 2. The highest BCUT2D eigenvalue weighted by Gasteiger charge is 2.21. The van der Waals surface area contributed by atoms with Crippen molar-refractivity contribution in [2.24, 2.45) is 23.3 Å². The Balaban J connectivity index is 0.000000198.